The predicted octanol–water partition coefficient (Wildman–Crippen LogP) is -2.22. The zero-order valence-corrected chi connectivity index (χ0v) is 11.9. The number of carboxylic acids is 1. The predicted molar refractivity (Wildman–Crippen MR) is 53.3 cm³/mol. The van der Waals surface area contributed by atoms with Gasteiger partial charge in [0.15, 0.2) is 0 Å². The normalized spacial score (nSPS) is 9.50. The third-order valence-electron chi connectivity index (χ3n) is 2.20. The molecule has 0 heterocycles. The van der Waals surface area contributed by atoms with Crippen LogP contribution in [-0.4, -0.2) is 11.8 Å². The Morgan fingerprint density at radius 2 is 1.56 bits per heavy atom. The van der Waals surface area contributed by atoms with E-state index in [4.69, 9.17) is 0 Å². The van der Waals surface area contributed by atoms with Crippen molar-refractivity contribution in [2.75, 3.05) is 0 Å². The van der Waals surface area contributed by atoms with Crippen LogP contribution < -0.4 is 56.5 Å². The van der Waals surface area contributed by atoms with Crippen LogP contribution >= 0.6 is 0 Å². The van der Waals surface area contributed by atoms with Crippen LogP contribution in [0.3, 0.4) is 0 Å². The third kappa shape index (κ3) is 2.78. The van der Waals surface area contributed by atoms with Gasteiger partial charge in [0.2, 0.25) is 5.78 Å². The third-order valence-corrected chi connectivity index (χ3v) is 2.20. The molecule has 0 aromatic heterocycles. The van der Waals surface area contributed by atoms with Gasteiger partial charge in [-0.25, -0.2) is 0 Å². The smallest absolute Gasteiger partial charge is 0.541 e. The largest absolute Gasteiger partial charge is 1.00 e. The van der Waals surface area contributed by atoms with E-state index in [1.54, 1.807) is 12.1 Å². The molecule has 0 aliphatic heterocycles. The summed E-state index contributed by atoms with van der Waals surface area (Å²) in [4.78, 5) is 21.5. The fourth-order valence-electron chi connectivity index (χ4n) is 1.45. The monoisotopic (exact) mass is 238 g/mol. The summed E-state index contributed by atoms with van der Waals surface area (Å²) in [5.74, 6) is -2.66. The summed E-state index contributed by atoms with van der Waals surface area (Å²) >= 11 is 0. The molecule has 16 heavy (non-hydrogen) atoms. The fourth-order valence-corrected chi connectivity index (χ4v) is 1.45. The molecule has 4 heteroatoms. The average Bonchev–Trinajstić information content (AvgIpc) is 2.27. The van der Waals surface area contributed by atoms with Crippen molar-refractivity contribution in [1.82, 2.24) is 0 Å². The summed E-state index contributed by atoms with van der Waals surface area (Å²) in [6.07, 6.45) is 0. The van der Waals surface area contributed by atoms with Gasteiger partial charge in [0.05, 0.1) is 0 Å². The van der Waals surface area contributed by atoms with Gasteiger partial charge in [-0.2, -0.15) is 0 Å². The molecule has 0 aliphatic carbocycles. The Balaban J connectivity index is 0.00000128. The zero-order chi connectivity index (χ0) is 10.8. The van der Waals surface area contributed by atoms with Crippen molar-refractivity contribution >= 4 is 22.5 Å². The van der Waals surface area contributed by atoms with Gasteiger partial charge in [0.25, 0.3) is 0 Å². The molecule has 0 spiro atoms. The van der Waals surface area contributed by atoms with Crippen molar-refractivity contribution in [3.8, 4) is 0 Å². The van der Waals surface area contributed by atoms with Gasteiger partial charge in [-0.3, -0.25) is 4.79 Å². The minimum atomic E-state index is -1.68. The van der Waals surface area contributed by atoms with E-state index in [9.17, 15) is 14.7 Å². The van der Waals surface area contributed by atoms with Crippen molar-refractivity contribution in [3.05, 3.63) is 48.0 Å². The standard InChI is InChI=1S/C12H8O3.K/c13-11(12(14)15)10-6-5-8-3-1-2-4-9(8)7-10;/h1-7H,(H,14,15);/q;+1/p-1. The fraction of sp³-hybridized carbons (Fsp3) is 0. The molecular weight excluding hydrogens is 231 g/mol. The van der Waals surface area contributed by atoms with E-state index in [2.05, 4.69) is 0 Å². The van der Waals surface area contributed by atoms with Gasteiger partial charge in [0.1, 0.15) is 5.97 Å². The molecule has 0 N–H and O–H groups in total. The Bertz CT molecular complexity index is 549. The van der Waals surface area contributed by atoms with Crippen LogP contribution in [0.1, 0.15) is 10.4 Å². The first-order valence-electron chi connectivity index (χ1n) is 4.43. The number of ketones is 1. The van der Waals surface area contributed by atoms with E-state index < -0.39 is 11.8 Å². The molecule has 2 aromatic rings. The summed E-state index contributed by atoms with van der Waals surface area (Å²) in [6.45, 7) is 0. The van der Waals surface area contributed by atoms with E-state index in [0.717, 1.165) is 10.8 Å². The maximum atomic E-state index is 11.1. The second-order valence-electron chi connectivity index (χ2n) is 3.18. The summed E-state index contributed by atoms with van der Waals surface area (Å²) in [6, 6.07) is 12.2. The van der Waals surface area contributed by atoms with Crippen LogP contribution in [0.4, 0.5) is 0 Å². The van der Waals surface area contributed by atoms with E-state index >= 15 is 0 Å². The SMILES string of the molecule is O=C([O-])C(=O)c1ccc2ccccc2c1.[K+]. The van der Waals surface area contributed by atoms with E-state index in [1.165, 1.54) is 6.07 Å². The Morgan fingerprint density at radius 3 is 2.19 bits per heavy atom. The van der Waals surface area contributed by atoms with E-state index in [0.29, 0.717) is 0 Å². The van der Waals surface area contributed by atoms with Crippen molar-refractivity contribution in [2.24, 2.45) is 0 Å². The van der Waals surface area contributed by atoms with Crippen LogP contribution in [0.2, 0.25) is 0 Å². The number of hydrogen-bond acceptors (Lipinski definition) is 3. The number of hydrogen-bond donors (Lipinski definition) is 0. The average molecular weight is 238 g/mol. The summed E-state index contributed by atoms with van der Waals surface area (Å²) in [5.41, 5.74) is 0.147. The summed E-state index contributed by atoms with van der Waals surface area (Å²) in [5, 5.41) is 12.2. The number of carboxylic acid groups (broad SMARTS) is 1. The van der Waals surface area contributed by atoms with Crippen molar-refractivity contribution in [1.29, 1.82) is 0 Å². The van der Waals surface area contributed by atoms with Gasteiger partial charge >= 0.3 is 51.4 Å². The summed E-state index contributed by atoms with van der Waals surface area (Å²) < 4.78 is 0. The minimum absolute atomic E-state index is 0. The van der Waals surface area contributed by atoms with E-state index in [-0.39, 0.29) is 56.9 Å². The molecule has 2 rings (SSSR count). The molecule has 0 bridgehead atoms. The molecule has 0 saturated heterocycles. The van der Waals surface area contributed by atoms with Crippen LogP contribution in [-0.2, 0) is 4.79 Å². The minimum Gasteiger partial charge on any atom is -0.541 e. The number of carbonyl (C=O) groups is 2. The van der Waals surface area contributed by atoms with Crippen LogP contribution in [0.25, 0.3) is 10.8 Å². The van der Waals surface area contributed by atoms with Gasteiger partial charge in [-0.05, 0) is 16.8 Å². The Hall–Kier alpha value is -0.524. The quantitative estimate of drug-likeness (QED) is 0.338. The maximum absolute atomic E-state index is 11.1. The molecule has 74 valence electrons. The maximum Gasteiger partial charge on any atom is 1.00 e. The number of aliphatic carboxylic acids is 1. The molecule has 0 saturated carbocycles. The van der Waals surface area contributed by atoms with Gasteiger partial charge in [0, 0.05) is 5.56 Å². The molecule has 0 atom stereocenters. The zero-order valence-electron chi connectivity index (χ0n) is 8.77. The van der Waals surface area contributed by atoms with Crippen molar-refractivity contribution in [3.63, 3.8) is 0 Å². The summed E-state index contributed by atoms with van der Waals surface area (Å²) in [7, 11) is 0. The van der Waals surface area contributed by atoms with E-state index in [1.807, 2.05) is 24.3 Å². The van der Waals surface area contributed by atoms with Crippen molar-refractivity contribution in [2.45, 2.75) is 0 Å². The van der Waals surface area contributed by atoms with Crippen LogP contribution in [0.15, 0.2) is 42.5 Å². The molecule has 0 fully saturated rings. The molecule has 0 aliphatic rings. The molecule has 0 amide bonds. The molecule has 3 nitrogen and oxygen atoms in total. The molecule has 0 unspecified atom stereocenters. The first kappa shape index (κ1) is 13.5. The van der Waals surface area contributed by atoms with Gasteiger partial charge in [-0.1, -0.05) is 36.4 Å². The van der Waals surface area contributed by atoms with Gasteiger partial charge < -0.3 is 9.90 Å². The second kappa shape index (κ2) is 5.70. The Morgan fingerprint density at radius 1 is 0.938 bits per heavy atom. The molecule has 0 radical (unpaired) electrons. The molecule has 2 aromatic carbocycles. The van der Waals surface area contributed by atoms with Crippen LogP contribution in [0.5, 0.6) is 0 Å². The Labute approximate surface area is 135 Å². The van der Waals surface area contributed by atoms with Crippen molar-refractivity contribution < 1.29 is 66.1 Å². The number of rotatable bonds is 2. The second-order valence-corrected chi connectivity index (χ2v) is 3.18. The van der Waals surface area contributed by atoms with Gasteiger partial charge in [-0.15, -0.1) is 0 Å². The first-order chi connectivity index (χ1) is 7.18. The number of carbonyl (C=O) groups excluding carboxylic acids is 2. The first-order valence-corrected chi connectivity index (χ1v) is 4.43. The topological polar surface area (TPSA) is 57.2 Å². The van der Waals surface area contributed by atoms with Crippen LogP contribution in [0, 0.1) is 0 Å². The Kier molecular flexibility index (Phi) is 4.82. The number of Topliss-reactive ketones (excluding diaryl/α,β-unsaturated/α-hetero) is 1. The molecular formula is C12H7KO3. The number of fused-ring (bicyclic) bond motifs is 1. The number of benzene rings is 2.